The number of hydrogen-bond donors (Lipinski definition) is 1. The number of aromatic nitrogens is 3. The number of nitro groups is 1. The molecule has 0 saturated heterocycles. The Bertz CT molecular complexity index is 668. The minimum Gasteiger partial charge on any atom is -0.377 e. The summed E-state index contributed by atoms with van der Waals surface area (Å²) in [5.41, 5.74) is -1.97. The first-order chi connectivity index (χ1) is 9.79. The average molecular weight is 301 g/mol. The van der Waals surface area contributed by atoms with E-state index in [2.05, 4.69) is 15.4 Å². The Labute approximate surface area is 116 Å². The molecule has 1 heterocycles. The van der Waals surface area contributed by atoms with Gasteiger partial charge >= 0.3 is 6.18 Å². The summed E-state index contributed by atoms with van der Waals surface area (Å²) in [7, 11) is 1.60. The fourth-order valence-corrected chi connectivity index (χ4v) is 1.69. The Balaban J connectivity index is 2.30. The van der Waals surface area contributed by atoms with Crippen LogP contribution in [0.2, 0.25) is 0 Å². The highest BCUT2D eigenvalue weighted by molar-refractivity contribution is 5.57. The number of aryl methyl sites for hydroxylation is 1. The summed E-state index contributed by atoms with van der Waals surface area (Å²) >= 11 is 0. The van der Waals surface area contributed by atoms with Gasteiger partial charge in [0, 0.05) is 24.9 Å². The average Bonchev–Trinajstić information content (AvgIpc) is 2.80. The zero-order chi connectivity index (χ0) is 15.6. The molecule has 0 amide bonds. The molecule has 0 bridgehead atoms. The highest BCUT2D eigenvalue weighted by atomic mass is 19.4. The van der Waals surface area contributed by atoms with Crippen molar-refractivity contribution in [1.29, 1.82) is 0 Å². The lowest BCUT2D eigenvalue weighted by Gasteiger charge is -2.14. The van der Waals surface area contributed by atoms with Crippen LogP contribution in [0.5, 0.6) is 0 Å². The van der Waals surface area contributed by atoms with Crippen LogP contribution in [0, 0.1) is 10.1 Å². The van der Waals surface area contributed by atoms with Crippen LogP contribution >= 0.6 is 0 Å². The van der Waals surface area contributed by atoms with Crippen LogP contribution < -0.4 is 5.32 Å². The first kappa shape index (κ1) is 14.8. The predicted molar refractivity (Wildman–Crippen MR) is 66.4 cm³/mol. The maximum Gasteiger partial charge on any atom is 0.418 e. The van der Waals surface area contributed by atoms with E-state index in [-0.39, 0.29) is 12.2 Å². The molecule has 0 spiro atoms. The number of rotatable bonds is 4. The van der Waals surface area contributed by atoms with Crippen molar-refractivity contribution in [3.63, 3.8) is 0 Å². The smallest absolute Gasteiger partial charge is 0.377 e. The Morgan fingerprint density at radius 2 is 2.14 bits per heavy atom. The van der Waals surface area contributed by atoms with Gasteiger partial charge in [-0.05, 0) is 6.07 Å². The maximum atomic E-state index is 12.9. The van der Waals surface area contributed by atoms with Gasteiger partial charge in [-0.1, -0.05) is 0 Å². The number of benzene rings is 1. The van der Waals surface area contributed by atoms with Crippen LogP contribution in [-0.2, 0) is 19.8 Å². The zero-order valence-electron chi connectivity index (χ0n) is 10.8. The molecule has 112 valence electrons. The summed E-state index contributed by atoms with van der Waals surface area (Å²) in [6.07, 6.45) is -3.42. The molecule has 1 aromatic carbocycles. The van der Waals surface area contributed by atoms with Crippen molar-refractivity contribution in [2.45, 2.75) is 12.7 Å². The molecular formula is C11H10F3N5O2. The van der Waals surface area contributed by atoms with Crippen molar-refractivity contribution < 1.29 is 18.1 Å². The van der Waals surface area contributed by atoms with E-state index in [4.69, 9.17) is 0 Å². The van der Waals surface area contributed by atoms with Crippen LogP contribution in [0.4, 0.5) is 24.5 Å². The lowest BCUT2D eigenvalue weighted by molar-refractivity contribution is -0.385. The molecule has 1 aromatic heterocycles. The fraction of sp³-hybridized carbons (Fsp3) is 0.273. The number of alkyl halides is 3. The van der Waals surface area contributed by atoms with E-state index in [0.29, 0.717) is 11.9 Å². The van der Waals surface area contributed by atoms with E-state index in [9.17, 15) is 23.3 Å². The molecule has 2 rings (SSSR count). The van der Waals surface area contributed by atoms with E-state index in [1.54, 1.807) is 7.05 Å². The van der Waals surface area contributed by atoms with Crippen molar-refractivity contribution >= 4 is 11.4 Å². The van der Waals surface area contributed by atoms with Crippen LogP contribution in [0.25, 0.3) is 0 Å². The van der Waals surface area contributed by atoms with E-state index in [1.807, 2.05) is 0 Å². The van der Waals surface area contributed by atoms with Crippen molar-refractivity contribution in [2.75, 3.05) is 5.32 Å². The number of halogens is 3. The summed E-state index contributed by atoms with van der Waals surface area (Å²) in [4.78, 5) is 13.6. The molecule has 0 fully saturated rings. The first-order valence-electron chi connectivity index (χ1n) is 5.71. The molecule has 2 aromatic rings. The molecule has 7 nitrogen and oxygen atoms in total. The number of hydrogen-bond acceptors (Lipinski definition) is 5. The molecule has 0 unspecified atom stereocenters. The van der Waals surface area contributed by atoms with Crippen molar-refractivity contribution in [3.05, 3.63) is 46.0 Å². The molecular weight excluding hydrogens is 291 g/mol. The molecule has 0 atom stereocenters. The second kappa shape index (κ2) is 5.38. The van der Waals surface area contributed by atoms with E-state index in [0.717, 1.165) is 12.1 Å². The van der Waals surface area contributed by atoms with Crippen LogP contribution in [-0.4, -0.2) is 19.7 Å². The van der Waals surface area contributed by atoms with E-state index in [1.165, 1.54) is 11.0 Å². The van der Waals surface area contributed by atoms with Crippen LogP contribution in [0.3, 0.4) is 0 Å². The summed E-state index contributed by atoms with van der Waals surface area (Å²) in [5.74, 6) is 0.432. The van der Waals surface area contributed by atoms with Gasteiger partial charge in [0.15, 0.2) is 0 Å². The maximum absolute atomic E-state index is 12.9. The molecule has 10 heteroatoms. The lowest BCUT2D eigenvalue weighted by Crippen LogP contribution is -2.13. The highest BCUT2D eigenvalue weighted by Crippen LogP contribution is 2.37. The minimum atomic E-state index is -4.70. The summed E-state index contributed by atoms with van der Waals surface area (Å²) in [6.45, 7) is 0.0113. The van der Waals surface area contributed by atoms with Gasteiger partial charge in [0.2, 0.25) is 0 Å². The Hall–Kier alpha value is -2.65. The highest BCUT2D eigenvalue weighted by Gasteiger charge is 2.35. The van der Waals surface area contributed by atoms with Crippen molar-refractivity contribution in [1.82, 2.24) is 14.8 Å². The van der Waals surface area contributed by atoms with Crippen molar-refractivity contribution in [3.8, 4) is 0 Å². The summed E-state index contributed by atoms with van der Waals surface area (Å²) in [6, 6.07) is 2.53. The monoisotopic (exact) mass is 301 g/mol. The number of nitro benzene ring substituents is 1. The number of nitrogens with zero attached hydrogens (tertiary/aromatic N) is 4. The summed E-state index contributed by atoms with van der Waals surface area (Å²) in [5, 5.41) is 16.9. The number of nitrogens with one attached hydrogen (secondary N) is 1. The molecule has 0 aliphatic heterocycles. The van der Waals surface area contributed by atoms with E-state index < -0.39 is 22.4 Å². The third kappa shape index (κ3) is 3.27. The second-order valence-electron chi connectivity index (χ2n) is 4.14. The SMILES string of the molecule is Cn1ncnc1CNc1ccc([N+](=O)[O-])cc1C(F)(F)F. The summed E-state index contributed by atoms with van der Waals surface area (Å²) < 4.78 is 40.2. The lowest BCUT2D eigenvalue weighted by atomic mass is 10.1. The van der Waals surface area contributed by atoms with Gasteiger partial charge in [0.05, 0.1) is 17.0 Å². The molecule has 0 radical (unpaired) electrons. The third-order valence-electron chi connectivity index (χ3n) is 2.76. The standard InChI is InChI=1S/C11H10F3N5O2/c1-18-10(16-6-17-18)5-15-9-3-2-7(19(20)21)4-8(9)11(12,13)14/h2-4,6,15H,5H2,1H3. The van der Waals surface area contributed by atoms with Gasteiger partial charge < -0.3 is 5.32 Å². The minimum absolute atomic E-state index is 0.0113. The zero-order valence-corrected chi connectivity index (χ0v) is 10.8. The molecule has 1 N–H and O–H groups in total. The third-order valence-corrected chi connectivity index (χ3v) is 2.76. The largest absolute Gasteiger partial charge is 0.418 e. The van der Waals surface area contributed by atoms with Crippen LogP contribution in [0.1, 0.15) is 11.4 Å². The number of anilines is 1. The van der Waals surface area contributed by atoms with Crippen LogP contribution in [0.15, 0.2) is 24.5 Å². The van der Waals surface area contributed by atoms with Crippen molar-refractivity contribution in [2.24, 2.45) is 7.05 Å². The van der Waals surface area contributed by atoms with Gasteiger partial charge in [-0.2, -0.15) is 18.3 Å². The van der Waals surface area contributed by atoms with E-state index >= 15 is 0 Å². The fourth-order valence-electron chi connectivity index (χ4n) is 1.69. The number of non-ortho nitro benzene ring substituents is 1. The molecule has 0 saturated carbocycles. The Kier molecular flexibility index (Phi) is 3.78. The Morgan fingerprint density at radius 1 is 1.43 bits per heavy atom. The molecule has 0 aliphatic rings. The van der Waals surface area contributed by atoms with Gasteiger partial charge in [0.1, 0.15) is 12.2 Å². The normalized spacial score (nSPS) is 11.4. The first-order valence-corrected chi connectivity index (χ1v) is 5.71. The topological polar surface area (TPSA) is 85.9 Å². The second-order valence-corrected chi connectivity index (χ2v) is 4.14. The molecule has 0 aliphatic carbocycles. The van der Waals surface area contributed by atoms with Gasteiger partial charge in [0.25, 0.3) is 5.69 Å². The predicted octanol–water partition coefficient (Wildman–Crippen LogP) is 2.35. The Morgan fingerprint density at radius 3 is 2.67 bits per heavy atom. The van der Waals surface area contributed by atoms with Gasteiger partial charge in [-0.15, -0.1) is 0 Å². The molecule has 21 heavy (non-hydrogen) atoms. The van der Waals surface area contributed by atoms with Gasteiger partial charge in [-0.25, -0.2) is 4.98 Å². The van der Waals surface area contributed by atoms with Gasteiger partial charge in [-0.3, -0.25) is 14.8 Å². The quantitative estimate of drug-likeness (QED) is 0.692.